The maximum atomic E-state index is 11.7. The summed E-state index contributed by atoms with van der Waals surface area (Å²) in [6.07, 6.45) is 23.2. The minimum absolute atomic E-state index is 0.178. The quantitative estimate of drug-likeness (QED) is 0.128. The highest BCUT2D eigenvalue weighted by molar-refractivity contribution is 7.86. The molecule has 4 fully saturated rings. The fraction of sp³-hybridized carbons (Fsp3) is 0.765. The molecular weight excluding hydrogens is 722 g/mol. The Morgan fingerprint density at radius 3 is 1.29 bits per heavy atom. The average molecular weight is 775 g/mol. The lowest BCUT2D eigenvalue weighted by atomic mass is 9.91. The Kier molecular flexibility index (Phi) is 19.8. The molecule has 15 heteroatoms. The Morgan fingerprint density at radius 1 is 0.633 bits per heavy atom. The van der Waals surface area contributed by atoms with Crippen molar-refractivity contribution >= 4 is 55.3 Å². The largest absolute Gasteiger partial charge is 0.744 e. The van der Waals surface area contributed by atoms with Crippen molar-refractivity contribution in [3.8, 4) is 0 Å². The average Bonchev–Trinajstić information content (AvgIpc) is 3.05. The molecule has 8 nitrogen and oxygen atoms in total. The summed E-state index contributed by atoms with van der Waals surface area (Å²) in [6, 6.07) is 5.78. The number of benzene rings is 1. The molecule has 1 aromatic carbocycles. The lowest BCUT2D eigenvalue weighted by molar-refractivity contribution is -0.120. The fourth-order valence-electron chi connectivity index (χ4n) is 6.31. The molecule has 0 spiro atoms. The van der Waals surface area contributed by atoms with E-state index in [4.69, 9.17) is 13.0 Å². The van der Waals surface area contributed by atoms with Crippen LogP contribution in [0.15, 0.2) is 29.2 Å². The second kappa shape index (κ2) is 22.1. The highest BCUT2D eigenvalue weighted by Gasteiger charge is 2.37. The zero-order valence-corrected chi connectivity index (χ0v) is 31.8. The van der Waals surface area contributed by atoms with Gasteiger partial charge in [0.25, 0.3) is 0 Å². The molecule has 4 aliphatic carbocycles. The molecule has 282 valence electrons. The van der Waals surface area contributed by atoms with Gasteiger partial charge in [0.05, 0.1) is 4.90 Å². The van der Waals surface area contributed by atoms with Crippen molar-refractivity contribution in [3.05, 3.63) is 29.8 Å². The molecule has 4 saturated carbocycles. The number of hydrogen-bond donors (Lipinski definition) is 0. The molecule has 2 atom stereocenters. The van der Waals surface area contributed by atoms with E-state index in [0.29, 0.717) is 22.1 Å². The number of carbonyl (C=O) groups excluding carboxylic acids is 2. The third-order valence-corrected chi connectivity index (χ3v) is 14.1. The normalized spacial score (nSPS) is 22.8. The summed E-state index contributed by atoms with van der Waals surface area (Å²) in [6.45, 7) is 1.82. The highest BCUT2D eigenvalue weighted by atomic mass is 32.2. The molecule has 2 unspecified atom stereocenters. The van der Waals surface area contributed by atoms with Crippen molar-refractivity contribution in [1.29, 1.82) is 0 Å². The van der Waals surface area contributed by atoms with E-state index in [-0.39, 0.29) is 4.90 Å². The first-order chi connectivity index (χ1) is 23.0. The molecule has 49 heavy (non-hydrogen) atoms. The van der Waals surface area contributed by atoms with Gasteiger partial charge in [-0.1, -0.05) is 56.2 Å². The highest BCUT2D eigenvalue weighted by Crippen LogP contribution is 2.27. The Morgan fingerprint density at radius 2 is 0.980 bits per heavy atom. The standard InChI is InChI=1S/2C13H22OS.C7H8O3S.CHF3O3S/c2*14-12-8-4-5-9-13(12)15-10-11-6-2-1-3-7-11;1-6-2-4-7(5-3-6)11(8,9)10;2-1(3,4)8(5,6)7/h2*11,13H,1-10H2;2-5H,1H3,(H,8,9,10);(H,5,6,7). The first-order valence-corrected chi connectivity index (χ1v) is 22.5. The van der Waals surface area contributed by atoms with Crippen LogP contribution in [0.25, 0.3) is 0 Å². The molecule has 0 heterocycles. The molecule has 0 aromatic heterocycles. The van der Waals surface area contributed by atoms with Gasteiger partial charge in [0.15, 0.2) is 32.2 Å². The van der Waals surface area contributed by atoms with Crippen molar-refractivity contribution in [3.63, 3.8) is 0 Å². The summed E-state index contributed by atoms with van der Waals surface area (Å²) in [7, 11) is -10.4. The smallest absolute Gasteiger partial charge is 0.485 e. The summed E-state index contributed by atoms with van der Waals surface area (Å²) in [5.41, 5.74) is -4.72. The number of hydrogen-bond acceptors (Lipinski definition) is 8. The van der Waals surface area contributed by atoms with E-state index in [2.05, 4.69) is 0 Å². The molecule has 1 aromatic rings. The van der Waals surface area contributed by atoms with E-state index in [1.165, 1.54) is 137 Å². The zero-order chi connectivity index (χ0) is 36.5. The number of rotatable bonds is 7. The van der Waals surface area contributed by atoms with Crippen LogP contribution in [0.1, 0.15) is 121 Å². The van der Waals surface area contributed by atoms with Gasteiger partial charge >= 0.3 is 5.51 Å². The first-order valence-electron chi connectivity index (χ1n) is 17.4. The van der Waals surface area contributed by atoms with Gasteiger partial charge in [0.1, 0.15) is 21.6 Å². The molecule has 0 aliphatic heterocycles. The van der Waals surface area contributed by atoms with E-state index in [1.807, 2.05) is 6.92 Å². The number of aryl methyl sites for hydroxylation is 1. The van der Waals surface area contributed by atoms with Crippen LogP contribution in [0, 0.1) is 18.8 Å². The van der Waals surface area contributed by atoms with E-state index in [0.717, 1.165) is 43.1 Å². The Bertz CT molecular complexity index is 1290. The topological polar surface area (TPSA) is 149 Å². The van der Waals surface area contributed by atoms with E-state index < -0.39 is 25.7 Å². The Labute approximate surface area is 299 Å². The van der Waals surface area contributed by atoms with Gasteiger partial charge < -0.3 is 9.11 Å². The van der Waals surface area contributed by atoms with Gasteiger partial charge in [0.2, 0.25) is 0 Å². The van der Waals surface area contributed by atoms with Crippen molar-refractivity contribution in [2.75, 3.05) is 11.5 Å². The second-order valence-electron chi connectivity index (χ2n) is 13.4. The van der Waals surface area contributed by atoms with Gasteiger partial charge in [0, 0.05) is 37.5 Å². The lowest BCUT2D eigenvalue weighted by Crippen LogP contribution is -2.29. The number of thiol groups is 2. The van der Waals surface area contributed by atoms with Crippen LogP contribution in [0.4, 0.5) is 13.2 Å². The lowest BCUT2D eigenvalue weighted by Gasteiger charge is -2.20. The molecule has 5 rings (SSSR count). The molecular formula is C34H53F3O8S4. The van der Waals surface area contributed by atoms with Gasteiger partial charge in [-0.15, -0.1) is 0 Å². The van der Waals surface area contributed by atoms with E-state index in [9.17, 15) is 35.7 Å². The second-order valence-corrected chi connectivity index (χ2v) is 18.8. The summed E-state index contributed by atoms with van der Waals surface area (Å²) < 4.78 is 90.1. The molecule has 0 radical (unpaired) electrons. The monoisotopic (exact) mass is 774 g/mol. The van der Waals surface area contributed by atoms with Crippen LogP contribution >= 0.6 is 0 Å². The van der Waals surface area contributed by atoms with Crippen molar-refractivity contribution in [2.24, 2.45) is 11.8 Å². The number of alkyl halides is 3. The predicted octanol–water partition coefficient (Wildman–Crippen LogP) is 6.74. The predicted molar refractivity (Wildman–Crippen MR) is 190 cm³/mol. The fourth-order valence-corrected chi connectivity index (χ4v) is 10.0. The van der Waals surface area contributed by atoms with Gasteiger partial charge in [-0.05, 0) is 93.9 Å². The zero-order valence-electron chi connectivity index (χ0n) is 28.4. The van der Waals surface area contributed by atoms with E-state index >= 15 is 0 Å². The molecule has 0 amide bonds. The first kappa shape index (κ1) is 44.0. The summed E-state index contributed by atoms with van der Waals surface area (Å²) in [5, 5.41) is 0.835. The van der Waals surface area contributed by atoms with Crippen molar-refractivity contribution < 1.29 is 48.7 Å². The van der Waals surface area contributed by atoms with Crippen LogP contribution in [-0.4, -0.2) is 65.0 Å². The molecule has 0 saturated heterocycles. The Hall–Kier alpha value is -1.13. The minimum Gasteiger partial charge on any atom is -0.744 e. The third-order valence-electron chi connectivity index (χ3n) is 9.26. The number of ketones is 2. The maximum Gasteiger partial charge on any atom is 0.485 e. The summed E-state index contributed by atoms with van der Waals surface area (Å²) in [5.74, 6) is 5.59. The number of carbonyl (C=O) groups is 2. The van der Waals surface area contributed by atoms with Crippen molar-refractivity contribution in [1.82, 2.24) is 0 Å². The molecule has 4 aliphatic rings. The minimum atomic E-state index is -6.09. The van der Waals surface area contributed by atoms with Crippen LogP contribution in [0.2, 0.25) is 0 Å². The van der Waals surface area contributed by atoms with Gasteiger partial charge in [-0.25, -0.2) is 16.8 Å². The maximum absolute atomic E-state index is 11.7. The van der Waals surface area contributed by atoms with Crippen molar-refractivity contribution in [2.45, 2.75) is 143 Å². The van der Waals surface area contributed by atoms with E-state index in [1.54, 1.807) is 12.1 Å². The summed E-state index contributed by atoms with van der Waals surface area (Å²) in [4.78, 5) is 23.1. The molecule has 0 N–H and O–H groups in total. The number of halogens is 3. The van der Waals surface area contributed by atoms with Gasteiger partial charge in [-0.3, -0.25) is 9.59 Å². The Balaban J connectivity index is 0.000000234. The number of Topliss-reactive ketones (excluding diaryl/α,β-unsaturated/α-hetero) is 2. The van der Waals surface area contributed by atoms with Crippen LogP contribution in [0.5, 0.6) is 0 Å². The third kappa shape index (κ3) is 18.3. The SMILES string of the molecule is Cc1ccc(S(=O)(=O)[O-])cc1.O=C1CCCCC1[SH+]CC1CCCCC1.O=C1CCCCC1[SH+]CC1CCCCC1.O=S(=O)([O-])C(F)(F)F. The van der Waals surface area contributed by atoms with Crippen LogP contribution in [-0.2, 0) is 53.3 Å². The van der Waals surface area contributed by atoms with Crippen LogP contribution in [0.3, 0.4) is 0 Å². The molecule has 0 bridgehead atoms. The van der Waals surface area contributed by atoms with Gasteiger partial charge in [-0.2, -0.15) is 13.2 Å². The van der Waals surface area contributed by atoms with Crippen LogP contribution < -0.4 is 0 Å². The summed E-state index contributed by atoms with van der Waals surface area (Å²) >= 11 is 2.91.